The lowest BCUT2D eigenvalue weighted by Gasteiger charge is -2.21. The van der Waals surface area contributed by atoms with Crippen LogP contribution in [0.15, 0.2) is 31.0 Å². The molecule has 6 heteroatoms. The van der Waals surface area contributed by atoms with Crippen LogP contribution in [0.25, 0.3) is 0 Å². The van der Waals surface area contributed by atoms with E-state index in [2.05, 4.69) is 6.58 Å². The highest BCUT2D eigenvalue weighted by atomic mass is 16.5. The van der Waals surface area contributed by atoms with Gasteiger partial charge in [0.15, 0.2) is 0 Å². The minimum absolute atomic E-state index is 0.233. The summed E-state index contributed by atoms with van der Waals surface area (Å²) in [6, 6.07) is 3.26. The normalized spacial score (nSPS) is 10.2. The van der Waals surface area contributed by atoms with E-state index >= 15 is 0 Å². The number of nitrogens with zero attached hydrogens (tertiary/aromatic N) is 2. The second kappa shape index (κ2) is 7.38. The Morgan fingerprint density at radius 2 is 2.32 bits per heavy atom. The Hall–Kier alpha value is -2.08. The van der Waals surface area contributed by atoms with E-state index in [1.165, 1.54) is 4.57 Å². The number of amides is 1. The Labute approximate surface area is 111 Å². The number of hydrogen-bond donors (Lipinski definition) is 1. The van der Waals surface area contributed by atoms with Crippen molar-refractivity contribution in [3.8, 4) is 0 Å². The van der Waals surface area contributed by atoms with Crippen LogP contribution in [0.5, 0.6) is 0 Å². The van der Waals surface area contributed by atoms with Gasteiger partial charge in [0.05, 0.1) is 6.61 Å². The number of hydrogen-bond acceptors (Lipinski definition) is 3. The predicted molar refractivity (Wildman–Crippen MR) is 70.0 cm³/mol. The maximum atomic E-state index is 12.3. The highest BCUT2D eigenvalue weighted by Crippen LogP contribution is 2.07. The third kappa shape index (κ3) is 4.26. The van der Waals surface area contributed by atoms with Gasteiger partial charge >= 0.3 is 5.97 Å². The Balaban J connectivity index is 2.86. The van der Waals surface area contributed by atoms with Crippen molar-refractivity contribution in [2.24, 2.45) is 0 Å². The van der Waals surface area contributed by atoms with Gasteiger partial charge in [-0.2, -0.15) is 0 Å². The summed E-state index contributed by atoms with van der Waals surface area (Å²) in [6.07, 6.45) is 3.20. The summed E-state index contributed by atoms with van der Waals surface area (Å²) in [7, 11) is 1.56. The predicted octanol–water partition coefficient (Wildman–Crippen LogP) is 0.847. The second-order valence-electron chi connectivity index (χ2n) is 3.95. The molecule has 0 bridgehead atoms. The minimum Gasteiger partial charge on any atom is -0.480 e. The molecule has 0 aromatic carbocycles. The van der Waals surface area contributed by atoms with E-state index in [9.17, 15) is 9.59 Å². The molecular formula is C13H18N2O4. The standard InChI is InChI=1S/C13H18N2O4/c1-3-6-14(8-9-19-2)13(18)11-5-4-7-15(11)10-12(16)17/h3-5,7H,1,6,8-10H2,2H3,(H,16,17). The minimum atomic E-state index is -0.989. The molecule has 0 unspecified atom stereocenters. The van der Waals surface area contributed by atoms with Crippen LogP contribution in [-0.2, 0) is 16.1 Å². The third-order valence-corrected chi connectivity index (χ3v) is 2.56. The van der Waals surface area contributed by atoms with Gasteiger partial charge in [-0.1, -0.05) is 6.08 Å². The number of carbonyl (C=O) groups is 2. The molecule has 0 spiro atoms. The van der Waals surface area contributed by atoms with Crippen molar-refractivity contribution in [1.29, 1.82) is 0 Å². The van der Waals surface area contributed by atoms with Crippen molar-refractivity contribution in [2.75, 3.05) is 26.8 Å². The first kappa shape index (κ1) is 15.0. The zero-order valence-electron chi connectivity index (χ0n) is 10.9. The smallest absolute Gasteiger partial charge is 0.323 e. The van der Waals surface area contributed by atoms with Crippen LogP contribution in [0.2, 0.25) is 0 Å². The number of rotatable bonds is 8. The fourth-order valence-corrected chi connectivity index (χ4v) is 1.69. The largest absolute Gasteiger partial charge is 0.480 e. The maximum absolute atomic E-state index is 12.3. The molecule has 0 saturated carbocycles. The number of carbonyl (C=O) groups excluding carboxylic acids is 1. The summed E-state index contributed by atoms with van der Waals surface area (Å²) in [5.74, 6) is -1.22. The molecule has 0 radical (unpaired) electrons. The Bertz CT molecular complexity index is 453. The molecule has 1 aromatic rings. The lowest BCUT2D eigenvalue weighted by atomic mass is 10.3. The summed E-state index contributed by atoms with van der Waals surface area (Å²) in [6.45, 7) is 4.61. The van der Waals surface area contributed by atoms with Crippen LogP contribution in [0.1, 0.15) is 10.5 Å². The zero-order valence-corrected chi connectivity index (χ0v) is 10.9. The van der Waals surface area contributed by atoms with Crippen molar-refractivity contribution < 1.29 is 19.4 Å². The summed E-state index contributed by atoms with van der Waals surface area (Å²) >= 11 is 0. The van der Waals surface area contributed by atoms with Crippen molar-refractivity contribution in [1.82, 2.24) is 9.47 Å². The van der Waals surface area contributed by atoms with Gasteiger partial charge in [0.1, 0.15) is 12.2 Å². The molecule has 0 aliphatic heterocycles. The first-order chi connectivity index (χ1) is 9.10. The second-order valence-corrected chi connectivity index (χ2v) is 3.95. The fourth-order valence-electron chi connectivity index (χ4n) is 1.69. The maximum Gasteiger partial charge on any atom is 0.323 e. The Morgan fingerprint density at radius 3 is 2.89 bits per heavy atom. The quantitative estimate of drug-likeness (QED) is 0.708. The third-order valence-electron chi connectivity index (χ3n) is 2.56. The van der Waals surface area contributed by atoms with E-state index < -0.39 is 5.97 Å². The van der Waals surface area contributed by atoms with E-state index in [0.29, 0.717) is 25.4 Å². The van der Waals surface area contributed by atoms with E-state index in [0.717, 1.165) is 0 Å². The molecule has 1 rings (SSSR count). The molecule has 1 aromatic heterocycles. The molecule has 0 saturated heterocycles. The van der Waals surface area contributed by atoms with Crippen LogP contribution < -0.4 is 0 Å². The number of ether oxygens (including phenoxy) is 1. The van der Waals surface area contributed by atoms with Crippen molar-refractivity contribution in [3.05, 3.63) is 36.7 Å². The monoisotopic (exact) mass is 266 g/mol. The Kier molecular flexibility index (Phi) is 5.81. The number of methoxy groups -OCH3 is 1. The van der Waals surface area contributed by atoms with Crippen LogP contribution in [-0.4, -0.2) is 53.3 Å². The average molecular weight is 266 g/mol. The SMILES string of the molecule is C=CCN(CCOC)C(=O)c1cccn1CC(=O)O. The molecule has 1 heterocycles. The summed E-state index contributed by atoms with van der Waals surface area (Å²) < 4.78 is 6.36. The molecular weight excluding hydrogens is 248 g/mol. The molecule has 6 nitrogen and oxygen atoms in total. The first-order valence-electron chi connectivity index (χ1n) is 5.86. The molecule has 0 aliphatic carbocycles. The van der Waals surface area contributed by atoms with Crippen LogP contribution in [0.4, 0.5) is 0 Å². The van der Waals surface area contributed by atoms with Crippen molar-refractivity contribution >= 4 is 11.9 Å². The van der Waals surface area contributed by atoms with Gasteiger partial charge in [-0.05, 0) is 12.1 Å². The highest BCUT2D eigenvalue weighted by Gasteiger charge is 2.18. The zero-order chi connectivity index (χ0) is 14.3. The van der Waals surface area contributed by atoms with E-state index in [1.807, 2.05) is 0 Å². The van der Waals surface area contributed by atoms with Gasteiger partial charge in [0.2, 0.25) is 0 Å². The number of aliphatic carboxylic acids is 1. The lowest BCUT2D eigenvalue weighted by molar-refractivity contribution is -0.137. The number of carboxylic acids is 1. The van der Waals surface area contributed by atoms with Crippen LogP contribution in [0.3, 0.4) is 0 Å². The summed E-state index contributed by atoms with van der Waals surface area (Å²) in [5, 5.41) is 8.79. The molecule has 19 heavy (non-hydrogen) atoms. The average Bonchev–Trinajstić information content (AvgIpc) is 2.80. The van der Waals surface area contributed by atoms with Crippen molar-refractivity contribution in [2.45, 2.75) is 6.54 Å². The van der Waals surface area contributed by atoms with Gasteiger partial charge in [0, 0.05) is 26.4 Å². The Morgan fingerprint density at radius 1 is 1.58 bits per heavy atom. The molecule has 1 N–H and O–H groups in total. The molecule has 104 valence electrons. The lowest BCUT2D eigenvalue weighted by Crippen LogP contribution is -2.35. The van der Waals surface area contributed by atoms with Gasteiger partial charge in [-0.15, -0.1) is 6.58 Å². The van der Waals surface area contributed by atoms with E-state index in [4.69, 9.17) is 9.84 Å². The highest BCUT2D eigenvalue weighted by molar-refractivity contribution is 5.93. The van der Waals surface area contributed by atoms with Crippen molar-refractivity contribution in [3.63, 3.8) is 0 Å². The molecule has 1 amide bonds. The fraction of sp³-hybridized carbons (Fsp3) is 0.385. The van der Waals surface area contributed by atoms with E-state index in [-0.39, 0.29) is 12.5 Å². The molecule has 0 fully saturated rings. The topological polar surface area (TPSA) is 71.8 Å². The van der Waals surface area contributed by atoms with Gasteiger partial charge in [-0.3, -0.25) is 9.59 Å². The van der Waals surface area contributed by atoms with E-state index in [1.54, 1.807) is 36.4 Å². The summed E-state index contributed by atoms with van der Waals surface area (Å²) in [5.41, 5.74) is 0.348. The van der Waals surface area contributed by atoms with Crippen LogP contribution in [0, 0.1) is 0 Å². The number of aromatic nitrogens is 1. The first-order valence-corrected chi connectivity index (χ1v) is 5.86. The van der Waals surface area contributed by atoms with Gasteiger partial charge in [-0.25, -0.2) is 0 Å². The van der Waals surface area contributed by atoms with Gasteiger partial charge in [0.25, 0.3) is 5.91 Å². The number of carboxylic acid groups (broad SMARTS) is 1. The molecule has 0 aliphatic rings. The van der Waals surface area contributed by atoms with Gasteiger partial charge < -0.3 is 19.3 Å². The molecule has 0 atom stereocenters. The summed E-state index contributed by atoms with van der Waals surface area (Å²) in [4.78, 5) is 24.6. The van der Waals surface area contributed by atoms with Crippen LogP contribution >= 0.6 is 0 Å².